The van der Waals surface area contributed by atoms with Crippen LogP contribution in [0.15, 0.2) is 108 Å². The maximum atomic E-state index is 13.8. The van der Waals surface area contributed by atoms with Crippen molar-refractivity contribution in [1.82, 2.24) is 4.98 Å². The highest BCUT2D eigenvalue weighted by Gasteiger charge is 2.34. The van der Waals surface area contributed by atoms with Gasteiger partial charge in [0.15, 0.2) is 5.78 Å². The molecule has 0 atom stereocenters. The summed E-state index contributed by atoms with van der Waals surface area (Å²) in [6, 6.07) is 30.0. The first-order valence-electron chi connectivity index (χ1n) is 12.9. The topological polar surface area (TPSA) is 63.0 Å². The van der Waals surface area contributed by atoms with Gasteiger partial charge in [0.1, 0.15) is 22.5 Å². The average molecular weight is 581 g/mol. The molecule has 5 aromatic rings. The van der Waals surface area contributed by atoms with Crippen LogP contribution in [0.3, 0.4) is 0 Å². The van der Waals surface area contributed by atoms with Crippen LogP contribution < -0.4 is 4.74 Å². The Balaban J connectivity index is 1.43. The van der Waals surface area contributed by atoms with E-state index in [1.165, 1.54) is 13.2 Å². The number of thioether (sulfide) groups is 1. The van der Waals surface area contributed by atoms with Crippen molar-refractivity contribution in [2.75, 3.05) is 7.11 Å². The first kappa shape index (κ1) is 28.7. The van der Waals surface area contributed by atoms with Gasteiger partial charge >= 0.3 is 6.18 Å². The van der Waals surface area contributed by atoms with Crippen LogP contribution in [-0.4, -0.2) is 17.9 Å². The van der Waals surface area contributed by atoms with Gasteiger partial charge in [-0.1, -0.05) is 78.9 Å². The number of carbonyl (C=O) groups excluding carboxylic acids is 1. The maximum Gasteiger partial charge on any atom is 0.433 e. The van der Waals surface area contributed by atoms with Crippen molar-refractivity contribution in [2.45, 2.75) is 17.0 Å². The van der Waals surface area contributed by atoms with E-state index in [4.69, 9.17) is 4.74 Å². The number of nitrogens with zero attached hydrogens (tertiary/aromatic N) is 2. The molecule has 0 saturated carbocycles. The fraction of sp³-hybridized carbons (Fsp3) is 0.0882. The first-order valence-corrected chi connectivity index (χ1v) is 13.8. The van der Waals surface area contributed by atoms with E-state index in [1.54, 1.807) is 60.7 Å². The van der Waals surface area contributed by atoms with Gasteiger partial charge in [-0.25, -0.2) is 4.98 Å². The highest BCUT2D eigenvalue weighted by molar-refractivity contribution is 7.98. The van der Waals surface area contributed by atoms with Crippen LogP contribution in [-0.2, 0) is 11.9 Å². The highest BCUT2D eigenvalue weighted by atomic mass is 32.2. The number of ketones is 1. The minimum Gasteiger partial charge on any atom is -0.496 e. The number of nitriles is 1. The van der Waals surface area contributed by atoms with E-state index in [-0.39, 0.29) is 27.7 Å². The Hall–Kier alpha value is -4.87. The third-order valence-electron chi connectivity index (χ3n) is 6.60. The quantitative estimate of drug-likeness (QED) is 0.104. The molecule has 0 amide bonds. The van der Waals surface area contributed by atoms with Crippen molar-refractivity contribution >= 4 is 34.4 Å². The summed E-state index contributed by atoms with van der Waals surface area (Å²) < 4.78 is 46.8. The molecule has 0 spiro atoms. The molecule has 0 unspecified atom stereocenters. The molecular formula is C34H23F3N2O2S. The smallest absolute Gasteiger partial charge is 0.433 e. The molecule has 4 nitrogen and oxygen atoms in total. The van der Waals surface area contributed by atoms with Crippen molar-refractivity contribution in [3.05, 3.63) is 131 Å². The molecule has 208 valence electrons. The van der Waals surface area contributed by atoms with E-state index in [0.717, 1.165) is 28.6 Å². The molecule has 0 aliphatic heterocycles. The number of benzene rings is 4. The van der Waals surface area contributed by atoms with Crippen LogP contribution in [0.5, 0.6) is 5.75 Å². The Morgan fingerprint density at radius 1 is 0.952 bits per heavy atom. The fourth-order valence-corrected chi connectivity index (χ4v) is 5.48. The average Bonchev–Trinajstić information content (AvgIpc) is 3.01. The number of hydrogen-bond acceptors (Lipinski definition) is 5. The summed E-state index contributed by atoms with van der Waals surface area (Å²) >= 11 is 1.02. The standard InChI is InChI=1S/C34H23F3N2O2S/c1-41-31-16-12-22(11-15-30(40)26-14-13-23-7-5-6-10-25(23)18-26)17-27(31)21-42-33-29(20-38)28(24-8-3-2-4-9-24)19-32(39-33)34(35,36)37/h2-19H,21H2,1H3/b15-11+. The lowest BCUT2D eigenvalue weighted by Crippen LogP contribution is -2.10. The minimum absolute atomic E-state index is 0.0272. The van der Waals surface area contributed by atoms with Gasteiger partial charge in [-0.3, -0.25) is 4.79 Å². The van der Waals surface area contributed by atoms with E-state index in [1.807, 2.05) is 42.5 Å². The van der Waals surface area contributed by atoms with Crippen LogP contribution in [0.25, 0.3) is 28.0 Å². The number of carbonyl (C=O) groups is 1. The molecule has 0 aliphatic rings. The number of ether oxygens (including phenoxy) is 1. The second-order valence-electron chi connectivity index (χ2n) is 9.33. The van der Waals surface area contributed by atoms with Gasteiger partial charge in [0.25, 0.3) is 0 Å². The van der Waals surface area contributed by atoms with Crippen molar-refractivity contribution in [2.24, 2.45) is 0 Å². The van der Waals surface area contributed by atoms with Gasteiger partial charge in [-0.15, -0.1) is 11.8 Å². The third kappa shape index (κ3) is 6.37. The van der Waals surface area contributed by atoms with Crippen LogP contribution in [0, 0.1) is 11.3 Å². The van der Waals surface area contributed by atoms with Crippen LogP contribution >= 0.6 is 11.8 Å². The molecule has 0 saturated heterocycles. The van der Waals surface area contributed by atoms with Crippen molar-refractivity contribution in [3.63, 3.8) is 0 Å². The lowest BCUT2D eigenvalue weighted by atomic mass is 10.0. The van der Waals surface area contributed by atoms with Crippen molar-refractivity contribution in [3.8, 4) is 22.9 Å². The lowest BCUT2D eigenvalue weighted by molar-refractivity contribution is -0.141. The van der Waals surface area contributed by atoms with E-state index < -0.39 is 11.9 Å². The van der Waals surface area contributed by atoms with Gasteiger partial charge in [-0.2, -0.15) is 18.4 Å². The zero-order chi connectivity index (χ0) is 29.7. The van der Waals surface area contributed by atoms with E-state index in [0.29, 0.717) is 28.0 Å². The normalized spacial score (nSPS) is 11.5. The summed E-state index contributed by atoms with van der Waals surface area (Å²) in [5.74, 6) is 0.544. The summed E-state index contributed by atoms with van der Waals surface area (Å²) in [5, 5.41) is 11.9. The lowest BCUT2D eigenvalue weighted by Gasteiger charge is -2.15. The SMILES string of the molecule is COc1ccc(/C=C/C(=O)c2ccc3ccccc3c2)cc1CSc1nc(C(F)(F)F)cc(-c2ccccc2)c1C#N. The predicted molar refractivity (Wildman–Crippen MR) is 159 cm³/mol. The number of fused-ring (bicyclic) bond motifs is 1. The minimum atomic E-state index is -4.69. The number of halogens is 3. The number of allylic oxidation sites excluding steroid dienone is 1. The zero-order valence-electron chi connectivity index (χ0n) is 22.4. The van der Waals surface area contributed by atoms with E-state index in [9.17, 15) is 23.2 Å². The molecule has 1 heterocycles. The summed E-state index contributed by atoms with van der Waals surface area (Å²) in [6.07, 6.45) is -1.52. The molecule has 0 N–H and O–H groups in total. The summed E-state index contributed by atoms with van der Waals surface area (Å²) in [6.45, 7) is 0. The zero-order valence-corrected chi connectivity index (χ0v) is 23.2. The second-order valence-corrected chi connectivity index (χ2v) is 10.3. The van der Waals surface area contributed by atoms with Crippen molar-refractivity contribution in [1.29, 1.82) is 5.26 Å². The number of alkyl halides is 3. The fourth-order valence-electron chi connectivity index (χ4n) is 4.50. The molecule has 0 bridgehead atoms. The van der Waals surface area contributed by atoms with Gasteiger partial charge < -0.3 is 4.74 Å². The number of hydrogen-bond donors (Lipinski definition) is 0. The Bertz CT molecular complexity index is 1840. The largest absolute Gasteiger partial charge is 0.496 e. The molecule has 5 rings (SSSR count). The highest BCUT2D eigenvalue weighted by Crippen LogP contribution is 2.38. The Kier molecular flexibility index (Phi) is 8.41. The Morgan fingerprint density at radius 3 is 2.40 bits per heavy atom. The van der Waals surface area contributed by atoms with E-state index >= 15 is 0 Å². The molecule has 0 radical (unpaired) electrons. The summed E-state index contributed by atoms with van der Waals surface area (Å²) in [5.41, 5.74) is 1.59. The van der Waals surface area contributed by atoms with Crippen LogP contribution in [0.4, 0.5) is 13.2 Å². The summed E-state index contributed by atoms with van der Waals surface area (Å²) in [7, 11) is 1.50. The first-order chi connectivity index (χ1) is 20.3. The predicted octanol–water partition coefficient (Wildman–Crippen LogP) is 8.99. The summed E-state index contributed by atoms with van der Waals surface area (Å²) in [4.78, 5) is 16.7. The number of rotatable bonds is 8. The monoisotopic (exact) mass is 580 g/mol. The maximum absolute atomic E-state index is 13.8. The van der Waals surface area contributed by atoms with Gasteiger partial charge in [0.05, 0.1) is 12.7 Å². The third-order valence-corrected chi connectivity index (χ3v) is 7.63. The number of pyridine rings is 1. The molecule has 1 aromatic heterocycles. The molecule has 0 aliphatic carbocycles. The molecule has 42 heavy (non-hydrogen) atoms. The van der Waals surface area contributed by atoms with Crippen LogP contribution in [0.2, 0.25) is 0 Å². The second kappa shape index (κ2) is 12.3. The number of aromatic nitrogens is 1. The van der Waals surface area contributed by atoms with E-state index in [2.05, 4.69) is 4.98 Å². The van der Waals surface area contributed by atoms with Gasteiger partial charge in [0, 0.05) is 22.4 Å². The molecule has 4 aromatic carbocycles. The molecule has 0 fully saturated rings. The van der Waals surface area contributed by atoms with Gasteiger partial charge in [-0.05, 0) is 52.2 Å². The Morgan fingerprint density at radius 2 is 1.69 bits per heavy atom. The Labute approximate surface area is 245 Å². The van der Waals surface area contributed by atoms with Gasteiger partial charge in [0.2, 0.25) is 0 Å². The van der Waals surface area contributed by atoms with Crippen LogP contribution in [0.1, 0.15) is 32.7 Å². The molecule has 8 heteroatoms. The number of methoxy groups -OCH3 is 1. The van der Waals surface area contributed by atoms with Crippen molar-refractivity contribution < 1.29 is 22.7 Å². The molecular weight excluding hydrogens is 557 g/mol.